The van der Waals surface area contributed by atoms with Crippen LogP contribution in [0.1, 0.15) is 59.8 Å². The number of aliphatic imine (C=N–C) groups is 1. The molecule has 0 saturated heterocycles. The highest BCUT2D eigenvalue weighted by Crippen LogP contribution is 2.11. The van der Waals surface area contributed by atoms with E-state index < -0.39 is 53.8 Å². The Bertz CT molecular complexity index is 799. The monoisotopic (exact) mass is 514 g/mol. The fraction of sp³-hybridized carbons (Fsp3) is 0.727. The topological polar surface area (TPSA) is 258 Å². The third kappa shape index (κ3) is 12.3. The molecule has 0 aromatic heterocycles. The summed E-state index contributed by atoms with van der Waals surface area (Å²) in [5.74, 6) is -4.65. The fourth-order valence-electron chi connectivity index (χ4n) is 3.10. The summed E-state index contributed by atoms with van der Waals surface area (Å²) in [6, 6.07) is -4.40. The molecule has 0 aliphatic carbocycles. The van der Waals surface area contributed by atoms with Crippen molar-refractivity contribution in [3.05, 3.63) is 0 Å². The first-order valence-electron chi connectivity index (χ1n) is 11.9. The predicted molar refractivity (Wildman–Crippen MR) is 134 cm³/mol. The molecule has 14 heteroatoms. The minimum absolute atomic E-state index is 0.0589. The normalized spacial score (nSPS) is 15.1. The Kier molecular flexibility index (Phi) is 14.7. The van der Waals surface area contributed by atoms with Crippen LogP contribution in [0, 0.1) is 11.8 Å². The van der Waals surface area contributed by atoms with Gasteiger partial charge in [-0.2, -0.15) is 0 Å². The number of nitrogens with zero attached hydrogens (tertiary/aromatic N) is 1. The highest BCUT2D eigenvalue weighted by atomic mass is 16.4. The van der Waals surface area contributed by atoms with Crippen molar-refractivity contribution in [2.75, 3.05) is 6.54 Å². The van der Waals surface area contributed by atoms with Crippen LogP contribution in [-0.4, -0.2) is 71.4 Å². The van der Waals surface area contributed by atoms with Gasteiger partial charge >= 0.3 is 5.97 Å². The number of guanidine groups is 1. The van der Waals surface area contributed by atoms with E-state index >= 15 is 0 Å². The minimum atomic E-state index is -1.25. The molecule has 5 atom stereocenters. The van der Waals surface area contributed by atoms with Crippen molar-refractivity contribution in [1.29, 1.82) is 0 Å². The molecule has 206 valence electrons. The third-order valence-corrected chi connectivity index (χ3v) is 5.69. The number of primary amides is 1. The van der Waals surface area contributed by atoms with Crippen molar-refractivity contribution in [2.45, 2.75) is 84.0 Å². The summed E-state index contributed by atoms with van der Waals surface area (Å²) in [6.07, 6.45) is 0.550. The van der Waals surface area contributed by atoms with Gasteiger partial charge < -0.3 is 44.0 Å². The number of nitrogens with one attached hydrogen (secondary N) is 3. The third-order valence-electron chi connectivity index (χ3n) is 5.69. The summed E-state index contributed by atoms with van der Waals surface area (Å²) in [7, 11) is 0. The Morgan fingerprint density at radius 1 is 0.861 bits per heavy atom. The first-order valence-corrected chi connectivity index (χ1v) is 11.9. The average molecular weight is 515 g/mol. The molecule has 0 bridgehead atoms. The smallest absolute Gasteiger partial charge is 0.326 e. The van der Waals surface area contributed by atoms with Gasteiger partial charge in [-0.05, 0) is 31.1 Å². The van der Waals surface area contributed by atoms with Crippen LogP contribution in [0.15, 0.2) is 4.99 Å². The SMILES string of the molecule is CCC(C)C(NC(=O)C(CCC(N)=O)NC(=O)C(N)C(C)C)C(=O)NC(CCCN=C(N)N)C(=O)O. The molecule has 4 amide bonds. The lowest BCUT2D eigenvalue weighted by Gasteiger charge is -2.28. The van der Waals surface area contributed by atoms with E-state index in [1.54, 1.807) is 27.7 Å². The largest absolute Gasteiger partial charge is 0.480 e. The highest BCUT2D eigenvalue weighted by molar-refractivity contribution is 5.94. The van der Waals surface area contributed by atoms with E-state index in [0.717, 1.165) is 0 Å². The number of hydrogen-bond acceptors (Lipinski definition) is 7. The number of nitrogens with two attached hydrogens (primary N) is 4. The zero-order valence-electron chi connectivity index (χ0n) is 21.5. The van der Waals surface area contributed by atoms with Gasteiger partial charge in [0.25, 0.3) is 0 Å². The summed E-state index contributed by atoms with van der Waals surface area (Å²) in [4.78, 5) is 65.2. The van der Waals surface area contributed by atoms with Crippen molar-refractivity contribution >= 4 is 35.6 Å². The molecule has 0 radical (unpaired) electrons. The van der Waals surface area contributed by atoms with Crippen molar-refractivity contribution in [1.82, 2.24) is 16.0 Å². The second kappa shape index (κ2) is 16.3. The van der Waals surface area contributed by atoms with E-state index in [1.165, 1.54) is 0 Å². The number of aliphatic carboxylic acids is 1. The van der Waals surface area contributed by atoms with Gasteiger partial charge in [0.2, 0.25) is 23.6 Å². The van der Waals surface area contributed by atoms with E-state index in [1.807, 2.05) is 0 Å². The Hall–Kier alpha value is -3.42. The number of carbonyl (C=O) groups is 5. The molecule has 36 heavy (non-hydrogen) atoms. The van der Waals surface area contributed by atoms with Crippen LogP contribution in [0.25, 0.3) is 0 Å². The van der Waals surface area contributed by atoms with Crippen LogP contribution in [0.5, 0.6) is 0 Å². The summed E-state index contributed by atoms with van der Waals surface area (Å²) in [6.45, 7) is 7.18. The van der Waals surface area contributed by atoms with Gasteiger partial charge in [-0.25, -0.2) is 4.79 Å². The van der Waals surface area contributed by atoms with Crippen molar-refractivity contribution in [2.24, 2.45) is 39.8 Å². The number of hydrogen-bond donors (Lipinski definition) is 8. The molecule has 0 aromatic rings. The van der Waals surface area contributed by atoms with Crippen LogP contribution in [0.3, 0.4) is 0 Å². The van der Waals surface area contributed by atoms with Crippen LogP contribution < -0.4 is 38.9 Å². The minimum Gasteiger partial charge on any atom is -0.480 e. The first kappa shape index (κ1) is 32.6. The average Bonchev–Trinajstić information content (AvgIpc) is 2.79. The molecule has 0 heterocycles. The van der Waals surface area contributed by atoms with Crippen LogP contribution in [0.2, 0.25) is 0 Å². The van der Waals surface area contributed by atoms with Crippen LogP contribution in [0.4, 0.5) is 0 Å². The highest BCUT2D eigenvalue weighted by Gasteiger charge is 2.33. The second-order valence-electron chi connectivity index (χ2n) is 9.06. The molecule has 0 saturated carbocycles. The zero-order valence-corrected chi connectivity index (χ0v) is 21.5. The summed E-state index contributed by atoms with van der Waals surface area (Å²) in [5.41, 5.74) is 21.6. The van der Waals surface area contributed by atoms with Crippen molar-refractivity contribution in [3.63, 3.8) is 0 Å². The van der Waals surface area contributed by atoms with E-state index in [4.69, 9.17) is 22.9 Å². The van der Waals surface area contributed by atoms with Gasteiger partial charge in [0.15, 0.2) is 5.96 Å². The molecule has 0 aliphatic rings. The number of amides is 4. The maximum absolute atomic E-state index is 13.1. The predicted octanol–water partition coefficient (Wildman–Crippen LogP) is -2.13. The first-order chi connectivity index (χ1) is 16.7. The van der Waals surface area contributed by atoms with Crippen molar-refractivity contribution < 1.29 is 29.1 Å². The Morgan fingerprint density at radius 2 is 1.44 bits per heavy atom. The standard InChI is InChI=1S/C22H42N8O6/c1-5-12(4)17(20(34)29-14(21(35)36)7-6-10-27-22(25)26)30-18(32)13(8-9-15(23)31)28-19(33)16(24)11(2)3/h11-14,16-17H,5-10,24H2,1-4H3,(H2,23,31)(H,28,33)(H,29,34)(H,30,32)(H,35,36)(H4,25,26,27). The Morgan fingerprint density at radius 3 is 1.92 bits per heavy atom. The van der Waals surface area contributed by atoms with E-state index in [2.05, 4.69) is 20.9 Å². The van der Waals surface area contributed by atoms with Gasteiger partial charge in [-0.3, -0.25) is 24.2 Å². The Labute approximate surface area is 211 Å². The van der Waals surface area contributed by atoms with Crippen LogP contribution >= 0.6 is 0 Å². The van der Waals surface area contributed by atoms with E-state index in [0.29, 0.717) is 12.8 Å². The lowest BCUT2D eigenvalue weighted by Crippen LogP contribution is -2.59. The zero-order chi connectivity index (χ0) is 28.0. The fourth-order valence-corrected chi connectivity index (χ4v) is 3.10. The lowest BCUT2D eigenvalue weighted by atomic mass is 9.96. The summed E-state index contributed by atoms with van der Waals surface area (Å²) >= 11 is 0. The molecular formula is C22H42N8O6. The maximum atomic E-state index is 13.1. The molecule has 0 fully saturated rings. The quantitative estimate of drug-likeness (QED) is 0.0598. The van der Waals surface area contributed by atoms with Gasteiger partial charge in [-0.15, -0.1) is 0 Å². The number of carboxylic acid groups (broad SMARTS) is 1. The van der Waals surface area contributed by atoms with Gasteiger partial charge in [-0.1, -0.05) is 34.1 Å². The summed E-state index contributed by atoms with van der Waals surface area (Å²) < 4.78 is 0. The molecule has 0 spiro atoms. The molecule has 14 nitrogen and oxygen atoms in total. The van der Waals surface area contributed by atoms with Gasteiger partial charge in [0.1, 0.15) is 18.1 Å². The second-order valence-corrected chi connectivity index (χ2v) is 9.06. The molecule has 5 unspecified atom stereocenters. The van der Waals surface area contributed by atoms with E-state index in [-0.39, 0.29) is 43.6 Å². The number of carboxylic acids is 1. The molecule has 0 aromatic carbocycles. The number of carbonyl (C=O) groups excluding carboxylic acids is 4. The lowest BCUT2D eigenvalue weighted by molar-refractivity contribution is -0.143. The molecule has 12 N–H and O–H groups in total. The molecular weight excluding hydrogens is 472 g/mol. The van der Waals surface area contributed by atoms with Gasteiger partial charge in [0.05, 0.1) is 6.04 Å². The van der Waals surface area contributed by atoms with Crippen molar-refractivity contribution in [3.8, 4) is 0 Å². The summed E-state index contributed by atoms with van der Waals surface area (Å²) in [5, 5.41) is 17.0. The van der Waals surface area contributed by atoms with Crippen LogP contribution in [-0.2, 0) is 24.0 Å². The van der Waals surface area contributed by atoms with E-state index in [9.17, 15) is 29.1 Å². The number of rotatable bonds is 17. The molecule has 0 rings (SSSR count). The Balaban J connectivity index is 5.57. The molecule has 0 aliphatic heterocycles. The maximum Gasteiger partial charge on any atom is 0.326 e. The van der Waals surface area contributed by atoms with Gasteiger partial charge in [0, 0.05) is 13.0 Å².